The second kappa shape index (κ2) is 10.2. The molecule has 1 heterocycles. The summed E-state index contributed by atoms with van der Waals surface area (Å²) < 4.78 is 0. The van der Waals surface area contributed by atoms with Gasteiger partial charge in [-0.3, -0.25) is 9.59 Å². The third-order valence-electron chi connectivity index (χ3n) is 4.29. The molecule has 1 N–H and O–H groups in total. The lowest BCUT2D eigenvalue weighted by molar-refractivity contribution is -0.120. The van der Waals surface area contributed by atoms with Crippen LogP contribution in [0.25, 0.3) is 11.3 Å². The molecule has 0 saturated heterocycles. The number of nitrogens with zero attached hydrogens (tertiary/aromatic N) is 1. The van der Waals surface area contributed by atoms with E-state index in [4.69, 9.17) is 0 Å². The van der Waals surface area contributed by atoms with Crippen molar-refractivity contribution < 1.29 is 9.59 Å². The Bertz CT molecular complexity index is 911. The van der Waals surface area contributed by atoms with Gasteiger partial charge >= 0.3 is 0 Å². The minimum atomic E-state index is -0.510. The molecule has 1 aromatic heterocycles. The molecule has 28 heavy (non-hydrogen) atoms. The van der Waals surface area contributed by atoms with Crippen LogP contribution in [-0.4, -0.2) is 34.7 Å². The maximum Gasteiger partial charge on any atom is 0.251 e. The van der Waals surface area contributed by atoms with Gasteiger partial charge in [0.15, 0.2) is 5.78 Å². The molecule has 0 aliphatic carbocycles. The number of amides is 1. The van der Waals surface area contributed by atoms with E-state index in [9.17, 15) is 9.59 Å². The summed E-state index contributed by atoms with van der Waals surface area (Å²) >= 11 is 3.14. The first-order valence-electron chi connectivity index (χ1n) is 9.04. The number of carbonyl (C=O) groups excluding carboxylic acids is 2. The van der Waals surface area contributed by atoms with Crippen LogP contribution >= 0.6 is 23.1 Å². The minimum absolute atomic E-state index is 0.00714. The first kappa shape index (κ1) is 20.3. The third kappa shape index (κ3) is 5.53. The van der Waals surface area contributed by atoms with Crippen molar-refractivity contribution in [3.05, 3.63) is 76.6 Å². The topological polar surface area (TPSA) is 59.1 Å². The average Bonchev–Trinajstić information content (AvgIpc) is 3.20. The van der Waals surface area contributed by atoms with Gasteiger partial charge in [0.2, 0.25) is 0 Å². The monoisotopic (exact) mass is 410 g/mol. The van der Waals surface area contributed by atoms with Gasteiger partial charge in [0.05, 0.1) is 18.2 Å². The maximum atomic E-state index is 12.9. The molecule has 0 radical (unpaired) electrons. The number of hydrogen-bond donors (Lipinski definition) is 1. The van der Waals surface area contributed by atoms with E-state index in [0.29, 0.717) is 12.0 Å². The number of Topliss-reactive ketones (excluding diaryl/α,β-unsaturated/α-hetero) is 1. The lowest BCUT2D eigenvalue weighted by atomic mass is 10.1. The highest BCUT2D eigenvalue weighted by Crippen LogP contribution is 2.22. The van der Waals surface area contributed by atoms with Crippen LogP contribution in [0.4, 0.5) is 0 Å². The number of ketones is 1. The smallest absolute Gasteiger partial charge is 0.251 e. The lowest BCUT2D eigenvalue weighted by Crippen LogP contribution is -2.42. The van der Waals surface area contributed by atoms with Gasteiger partial charge in [-0.2, -0.15) is 11.8 Å². The number of hydrogen-bond acceptors (Lipinski definition) is 5. The standard InChI is InChI=1S/C22H22N2O2S2/c1-27-13-12-18(24-22(26)17-10-6-3-7-11-17)20(25)14-21-23-19(15-28-21)16-8-4-2-5-9-16/h2-11,15,18H,12-14H2,1H3,(H,24,26)/t18-/m0/s1. The van der Waals surface area contributed by atoms with Gasteiger partial charge in [-0.05, 0) is 30.6 Å². The number of benzene rings is 2. The van der Waals surface area contributed by atoms with Crippen molar-refractivity contribution in [1.29, 1.82) is 0 Å². The van der Waals surface area contributed by atoms with Gasteiger partial charge in [-0.15, -0.1) is 11.3 Å². The summed E-state index contributed by atoms with van der Waals surface area (Å²) in [7, 11) is 0. The second-order valence-corrected chi connectivity index (χ2v) is 8.24. The zero-order valence-electron chi connectivity index (χ0n) is 15.6. The Balaban J connectivity index is 1.68. The van der Waals surface area contributed by atoms with Gasteiger partial charge in [0.25, 0.3) is 5.91 Å². The Morgan fingerprint density at radius 3 is 2.43 bits per heavy atom. The third-order valence-corrected chi connectivity index (χ3v) is 5.78. The summed E-state index contributed by atoms with van der Waals surface area (Å²) in [6.07, 6.45) is 2.83. The quantitative estimate of drug-likeness (QED) is 0.565. The first-order chi connectivity index (χ1) is 13.7. The first-order valence-corrected chi connectivity index (χ1v) is 11.3. The number of rotatable bonds is 9. The molecule has 1 amide bonds. The molecule has 0 spiro atoms. The Kier molecular flexibility index (Phi) is 7.39. The van der Waals surface area contributed by atoms with Gasteiger partial charge in [-0.1, -0.05) is 48.5 Å². The Labute approximate surface area is 173 Å². The van der Waals surface area contributed by atoms with Crippen LogP contribution in [0, 0.1) is 0 Å². The molecule has 4 nitrogen and oxygen atoms in total. The van der Waals surface area contributed by atoms with Crippen molar-refractivity contribution in [3.63, 3.8) is 0 Å². The van der Waals surface area contributed by atoms with Crippen LogP contribution in [0.2, 0.25) is 0 Å². The molecule has 0 unspecified atom stereocenters. The van der Waals surface area contributed by atoms with Crippen molar-refractivity contribution in [2.24, 2.45) is 0 Å². The Hall–Kier alpha value is -2.44. The van der Waals surface area contributed by atoms with E-state index in [1.165, 1.54) is 11.3 Å². The van der Waals surface area contributed by atoms with E-state index < -0.39 is 6.04 Å². The van der Waals surface area contributed by atoms with E-state index in [1.54, 1.807) is 23.9 Å². The SMILES string of the molecule is CSCC[C@H](NC(=O)c1ccccc1)C(=O)Cc1nc(-c2ccccc2)cs1. The molecule has 0 fully saturated rings. The highest BCUT2D eigenvalue weighted by molar-refractivity contribution is 7.98. The number of thioether (sulfide) groups is 1. The van der Waals surface area contributed by atoms with Crippen LogP contribution in [-0.2, 0) is 11.2 Å². The fraction of sp³-hybridized carbons (Fsp3) is 0.227. The summed E-state index contributed by atoms with van der Waals surface area (Å²) in [4.78, 5) is 30.0. The lowest BCUT2D eigenvalue weighted by Gasteiger charge is -2.17. The predicted octanol–water partition coefficient (Wildman–Crippen LogP) is 4.47. The molecule has 0 saturated carbocycles. The summed E-state index contributed by atoms with van der Waals surface area (Å²) in [5.41, 5.74) is 2.47. The van der Waals surface area contributed by atoms with Crippen molar-refractivity contribution in [2.75, 3.05) is 12.0 Å². The second-order valence-electron chi connectivity index (χ2n) is 6.31. The zero-order chi connectivity index (χ0) is 19.8. The van der Waals surface area contributed by atoms with Crippen LogP contribution in [0.3, 0.4) is 0 Å². The fourth-order valence-corrected chi connectivity index (χ4v) is 4.07. The van der Waals surface area contributed by atoms with Crippen molar-refractivity contribution >= 4 is 34.8 Å². The highest BCUT2D eigenvalue weighted by Gasteiger charge is 2.22. The van der Waals surface area contributed by atoms with E-state index in [2.05, 4.69) is 10.3 Å². The normalized spacial score (nSPS) is 11.8. The molecule has 0 bridgehead atoms. The van der Waals surface area contributed by atoms with Crippen LogP contribution in [0.5, 0.6) is 0 Å². The zero-order valence-corrected chi connectivity index (χ0v) is 17.3. The summed E-state index contributed by atoms with van der Waals surface area (Å²) in [6, 6.07) is 18.4. The average molecular weight is 411 g/mol. The molecule has 3 rings (SSSR count). The largest absolute Gasteiger partial charge is 0.342 e. The van der Waals surface area contributed by atoms with Gasteiger partial charge in [0, 0.05) is 16.5 Å². The van der Waals surface area contributed by atoms with Crippen LogP contribution in [0.1, 0.15) is 21.8 Å². The van der Waals surface area contributed by atoms with Gasteiger partial charge in [0.1, 0.15) is 5.01 Å². The predicted molar refractivity (Wildman–Crippen MR) is 117 cm³/mol. The molecule has 1 atom stereocenters. The van der Waals surface area contributed by atoms with E-state index in [1.807, 2.05) is 60.2 Å². The number of nitrogens with one attached hydrogen (secondary N) is 1. The van der Waals surface area contributed by atoms with E-state index in [-0.39, 0.29) is 18.1 Å². The van der Waals surface area contributed by atoms with Crippen molar-refractivity contribution in [2.45, 2.75) is 18.9 Å². The molecule has 0 aliphatic rings. The van der Waals surface area contributed by atoms with Gasteiger partial charge in [-0.25, -0.2) is 4.98 Å². The van der Waals surface area contributed by atoms with E-state index in [0.717, 1.165) is 22.0 Å². The number of aromatic nitrogens is 1. The van der Waals surface area contributed by atoms with Gasteiger partial charge < -0.3 is 5.32 Å². The Morgan fingerprint density at radius 1 is 1.07 bits per heavy atom. The summed E-state index contributed by atoms with van der Waals surface area (Å²) in [5.74, 6) is 0.579. The number of carbonyl (C=O) groups is 2. The molecular formula is C22H22N2O2S2. The molecule has 0 aliphatic heterocycles. The molecular weight excluding hydrogens is 388 g/mol. The molecule has 144 valence electrons. The Morgan fingerprint density at radius 2 is 1.75 bits per heavy atom. The van der Waals surface area contributed by atoms with Crippen molar-refractivity contribution in [3.8, 4) is 11.3 Å². The maximum absolute atomic E-state index is 12.9. The summed E-state index contributed by atoms with van der Waals surface area (Å²) in [6.45, 7) is 0. The highest BCUT2D eigenvalue weighted by atomic mass is 32.2. The summed E-state index contributed by atoms with van der Waals surface area (Å²) in [5, 5.41) is 5.64. The number of thiazole rings is 1. The fourth-order valence-electron chi connectivity index (χ4n) is 2.79. The molecule has 2 aromatic carbocycles. The molecule has 6 heteroatoms. The van der Waals surface area contributed by atoms with Crippen molar-refractivity contribution in [1.82, 2.24) is 10.3 Å². The van der Waals surface area contributed by atoms with E-state index >= 15 is 0 Å². The minimum Gasteiger partial charge on any atom is -0.342 e. The molecule has 3 aromatic rings. The van der Waals surface area contributed by atoms with Crippen LogP contribution in [0.15, 0.2) is 66.0 Å². The van der Waals surface area contributed by atoms with Crippen LogP contribution < -0.4 is 5.32 Å².